The van der Waals surface area contributed by atoms with Crippen LogP contribution < -0.4 is 19.1 Å². The fourth-order valence-electron chi connectivity index (χ4n) is 3.39. The maximum atomic E-state index is 13.6. The minimum atomic E-state index is -4.15. The Morgan fingerprint density at radius 1 is 1.03 bits per heavy atom. The maximum absolute atomic E-state index is 13.6. The number of halogens is 1. The van der Waals surface area contributed by atoms with E-state index in [0.717, 1.165) is 9.87 Å². The highest BCUT2D eigenvalue weighted by Crippen LogP contribution is 2.33. The number of benzene rings is 3. The summed E-state index contributed by atoms with van der Waals surface area (Å²) in [5.41, 5.74) is 1.03. The van der Waals surface area contributed by atoms with Gasteiger partial charge in [-0.3, -0.25) is 14.4 Å². The van der Waals surface area contributed by atoms with Crippen LogP contribution in [0.4, 0.5) is 10.8 Å². The molecule has 1 N–H and O–H groups in total. The summed E-state index contributed by atoms with van der Waals surface area (Å²) in [5, 5.41) is 12.0. The van der Waals surface area contributed by atoms with Gasteiger partial charge in [-0.25, -0.2) is 8.42 Å². The fourth-order valence-corrected chi connectivity index (χ4v) is 5.71. The summed E-state index contributed by atoms with van der Waals surface area (Å²) < 4.78 is 39.1. The van der Waals surface area contributed by atoms with E-state index in [1.807, 2.05) is 12.1 Å². The molecule has 0 aliphatic heterocycles. The molecule has 192 valence electrons. The minimum absolute atomic E-state index is 0.0197. The second-order valence-electron chi connectivity index (χ2n) is 7.56. The molecule has 0 atom stereocenters. The highest BCUT2D eigenvalue weighted by Gasteiger charge is 2.30. The molecule has 0 saturated carbocycles. The molecule has 3 aromatic carbocycles. The van der Waals surface area contributed by atoms with Crippen LogP contribution in [0.3, 0.4) is 0 Å². The van der Waals surface area contributed by atoms with E-state index in [2.05, 4.69) is 15.5 Å². The lowest BCUT2D eigenvalue weighted by Gasteiger charge is -2.25. The number of sulfonamides is 1. The molecule has 0 fully saturated rings. The number of anilines is 2. The number of hydrogen-bond donors (Lipinski definition) is 1. The van der Waals surface area contributed by atoms with Crippen molar-refractivity contribution in [3.63, 3.8) is 0 Å². The van der Waals surface area contributed by atoms with E-state index in [4.69, 9.17) is 21.1 Å². The average molecular weight is 559 g/mol. The number of methoxy groups -OCH3 is 1. The van der Waals surface area contributed by atoms with Crippen LogP contribution in [-0.2, 0) is 14.8 Å². The Labute approximate surface area is 223 Å². The molecule has 0 bridgehead atoms. The van der Waals surface area contributed by atoms with Crippen LogP contribution in [0, 0.1) is 0 Å². The van der Waals surface area contributed by atoms with Gasteiger partial charge in [0.15, 0.2) is 0 Å². The number of nitrogens with zero attached hydrogens (tertiary/aromatic N) is 3. The number of hydrogen-bond acceptors (Lipinski definition) is 8. The normalized spacial score (nSPS) is 11.1. The molecule has 1 amide bonds. The van der Waals surface area contributed by atoms with Gasteiger partial charge in [0.1, 0.15) is 23.1 Å². The average Bonchev–Trinajstić information content (AvgIpc) is 3.36. The molecule has 12 heteroatoms. The Morgan fingerprint density at radius 2 is 1.73 bits per heavy atom. The van der Waals surface area contributed by atoms with E-state index in [0.29, 0.717) is 28.1 Å². The number of para-hydroxylation sites is 2. The van der Waals surface area contributed by atoms with E-state index in [1.165, 1.54) is 35.6 Å². The second-order valence-corrected chi connectivity index (χ2v) is 10.8. The van der Waals surface area contributed by atoms with Crippen LogP contribution in [0.25, 0.3) is 10.6 Å². The van der Waals surface area contributed by atoms with Crippen molar-refractivity contribution in [1.29, 1.82) is 0 Å². The van der Waals surface area contributed by atoms with Gasteiger partial charge in [0, 0.05) is 10.6 Å². The van der Waals surface area contributed by atoms with Gasteiger partial charge in [-0.15, -0.1) is 10.2 Å². The number of amides is 1. The lowest BCUT2D eigenvalue weighted by molar-refractivity contribution is -0.114. The first-order valence-corrected chi connectivity index (χ1v) is 13.7. The quantitative estimate of drug-likeness (QED) is 0.288. The third-order valence-electron chi connectivity index (χ3n) is 5.13. The van der Waals surface area contributed by atoms with Crippen molar-refractivity contribution in [3.05, 3.63) is 77.8 Å². The Hall–Kier alpha value is -3.67. The van der Waals surface area contributed by atoms with Crippen LogP contribution in [0.2, 0.25) is 5.02 Å². The molecule has 0 aliphatic rings. The van der Waals surface area contributed by atoms with Gasteiger partial charge in [-0.1, -0.05) is 35.1 Å². The predicted molar refractivity (Wildman–Crippen MR) is 144 cm³/mol. The molecule has 4 rings (SSSR count). The van der Waals surface area contributed by atoms with Gasteiger partial charge in [-0.05, 0) is 67.6 Å². The molecule has 0 saturated heterocycles. The van der Waals surface area contributed by atoms with Crippen molar-refractivity contribution < 1.29 is 22.7 Å². The topological polar surface area (TPSA) is 111 Å². The Kier molecular flexibility index (Phi) is 8.27. The molecular weight excluding hydrogens is 536 g/mol. The molecule has 0 spiro atoms. The first-order chi connectivity index (χ1) is 17.8. The van der Waals surface area contributed by atoms with Crippen LogP contribution in [0.1, 0.15) is 6.92 Å². The Balaban J connectivity index is 1.61. The van der Waals surface area contributed by atoms with Crippen LogP contribution in [-0.4, -0.2) is 44.8 Å². The number of carbonyl (C=O) groups is 1. The molecule has 9 nitrogen and oxygen atoms in total. The van der Waals surface area contributed by atoms with Crippen LogP contribution in [0.15, 0.2) is 77.7 Å². The van der Waals surface area contributed by atoms with Crippen molar-refractivity contribution in [2.45, 2.75) is 11.8 Å². The third kappa shape index (κ3) is 6.19. The summed E-state index contributed by atoms with van der Waals surface area (Å²) in [4.78, 5) is 13.1. The van der Waals surface area contributed by atoms with Crippen molar-refractivity contribution in [1.82, 2.24) is 10.2 Å². The molecule has 4 aromatic rings. The van der Waals surface area contributed by atoms with E-state index in [-0.39, 0.29) is 15.7 Å². The Bertz CT molecular complexity index is 1480. The summed E-state index contributed by atoms with van der Waals surface area (Å²) in [5.74, 6) is 0.436. The van der Waals surface area contributed by atoms with Crippen molar-refractivity contribution in [2.75, 3.05) is 29.9 Å². The third-order valence-corrected chi connectivity index (χ3v) is 8.04. The van der Waals surface area contributed by atoms with E-state index in [1.54, 1.807) is 50.4 Å². The van der Waals surface area contributed by atoms with Gasteiger partial charge in [0.05, 0.1) is 24.3 Å². The summed E-state index contributed by atoms with van der Waals surface area (Å²) in [6, 6.07) is 19.6. The number of nitrogens with one attached hydrogen (secondary N) is 1. The SMILES string of the molecule is CCOc1ccccc1N(CC(=O)Nc1nnc(-c2ccc(OC)cc2)s1)S(=O)(=O)c1ccc(Cl)cc1. The van der Waals surface area contributed by atoms with E-state index < -0.39 is 22.5 Å². The molecule has 1 aromatic heterocycles. The summed E-state index contributed by atoms with van der Waals surface area (Å²) in [6.45, 7) is 1.58. The molecule has 37 heavy (non-hydrogen) atoms. The molecule has 0 aliphatic carbocycles. The Morgan fingerprint density at radius 3 is 2.41 bits per heavy atom. The van der Waals surface area contributed by atoms with Crippen LogP contribution in [0.5, 0.6) is 11.5 Å². The minimum Gasteiger partial charge on any atom is -0.497 e. The van der Waals surface area contributed by atoms with E-state index in [9.17, 15) is 13.2 Å². The highest BCUT2D eigenvalue weighted by molar-refractivity contribution is 7.92. The maximum Gasteiger partial charge on any atom is 0.264 e. The first kappa shape index (κ1) is 26.4. The van der Waals surface area contributed by atoms with Crippen LogP contribution >= 0.6 is 22.9 Å². The van der Waals surface area contributed by atoms with Gasteiger partial charge < -0.3 is 9.47 Å². The van der Waals surface area contributed by atoms with Crippen molar-refractivity contribution in [3.8, 4) is 22.1 Å². The number of aromatic nitrogens is 2. The summed E-state index contributed by atoms with van der Waals surface area (Å²) >= 11 is 7.12. The van der Waals surface area contributed by atoms with Gasteiger partial charge >= 0.3 is 0 Å². The van der Waals surface area contributed by atoms with Gasteiger partial charge in [0.25, 0.3) is 10.0 Å². The predicted octanol–water partition coefficient (Wildman–Crippen LogP) is 5.10. The smallest absolute Gasteiger partial charge is 0.264 e. The van der Waals surface area contributed by atoms with Crippen molar-refractivity contribution in [2.24, 2.45) is 0 Å². The fraction of sp³-hybridized carbons (Fsp3) is 0.160. The van der Waals surface area contributed by atoms with Crippen molar-refractivity contribution >= 4 is 49.7 Å². The second kappa shape index (κ2) is 11.6. The number of rotatable bonds is 10. The molecule has 1 heterocycles. The number of carbonyl (C=O) groups excluding carboxylic acids is 1. The molecule has 0 unspecified atom stereocenters. The largest absolute Gasteiger partial charge is 0.497 e. The van der Waals surface area contributed by atoms with Gasteiger partial charge in [0.2, 0.25) is 11.0 Å². The first-order valence-electron chi connectivity index (χ1n) is 11.1. The summed E-state index contributed by atoms with van der Waals surface area (Å²) in [7, 11) is -2.57. The van der Waals surface area contributed by atoms with E-state index >= 15 is 0 Å². The zero-order valence-electron chi connectivity index (χ0n) is 19.9. The van der Waals surface area contributed by atoms with Gasteiger partial charge in [-0.2, -0.15) is 0 Å². The lowest BCUT2D eigenvalue weighted by atomic mass is 10.2. The molecule has 0 radical (unpaired) electrons. The monoisotopic (exact) mass is 558 g/mol. The lowest BCUT2D eigenvalue weighted by Crippen LogP contribution is -2.38. The summed E-state index contributed by atoms with van der Waals surface area (Å²) in [6.07, 6.45) is 0. The standard InChI is InChI=1S/C25H23ClN4O5S2/c1-3-35-22-7-5-4-6-21(22)30(37(32,33)20-14-10-18(26)11-15-20)16-23(31)27-25-29-28-24(36-25)17-8-12-19(34-2)13-9-17/h4-15H,3,16H2,1-2H3,(H,27,29,31). The highest BCUT2D eigenvalue weighted by atomic mass is 35.5. The molecular formula is C25H23ClN4O5S2. The number of ether oxygens (including phenoxy) is 2. The zero-order chi connectivity index (χ0) is 26.4. The zero-order valence-corrected chi connectivity index (χ0v) is 22.3.